The number of morpholine rings is 1. The van der Waals surface area contributed by atoms with Crippen molar-refractivity contribution in [2.75, 3.05) is 32.8 Å². The Kier molecular flexibility index (Phi) is 6.77. The van der Waals surface area contributed by atoms with Crippen LogP contribution in [-0.4, -0.2) is 56.5 Å². The SMILES string of the molecule is CCc1ccc(C(=O)NCCc2ccccn2)cc1S(=O)(=O)N1CCOCC1. The van der Waals surface area contributed by atoms with Gasteiger partial charge in [-0.05, 0) is 36.2 Å². The van der Waals surface area contributed by atoms with Crippen LogP contribution in [-0.2, 0) is 27.6 Å². The summed E-state index contributed by atoms with van der Waals surface area (Å²) in [6.45, 7) is 3.75. The van der Waals surface area contributed by atoms with Crippen molar-refractivity contribution in [3.63, 3.8) is 0 Å². The molecule has 0 radical (unpaired) electrons. The van der Waals surface area contributed by atoms with Crippen molar-refractivity contribution in [1.82, 2.24) is 14.6 Å². The Morgan fingerprint density at radius 2 is 2.00 bits per heavy atom. The number of aromatic nitrogens is 1. The van der Waals surface area contributed by atoms with E-state index in [0.29, 0.717) is 56.8 Å². The van der Waals surface area contributed by atoms with E-state index in [1.165, 1.54) is 10.4 Å². The fourth-order valence-corrected chi connectivity index (χ4v) is 4.83. The summed E-state index contributed by atoms with van der Waals surface area (Å²) < 4.78 is 32.8. The molecule has 1 saturated heterocycles. The van der Waals surface area contributed by atoms with Crippen molar-refractivity contribution in [2.24, 2.45) is 0 Å². The quantitative estimate of drug-likeness (QED) is 0.759. The molecule has 1 aliphatic rings. The van der Waals surface area contributed by atoms with Crippen molar-refractivity contribution in [1.29, 1.82) is 0 Å². The second-order valence-electron chi connectivity index (χ2n) is 6.52. The van der Waals surface area contributed by atoms with E-state index in [4.69, 9.17) is 4.74 Å². The Morgan fingerprint density at radius 1 is 1.21 bits per heavy atom. The van der Waals surface area contributed by atoms with Gasteiger partial charge in [-0.15, -0.1) is 0 Å². The van der Waals surface area contributed by atoms with Gasteiger partial charge in [-0.25, -0.2) is 8.42 Å². The summed E-state index contributed by atoms with van der Waals surface area (Å²) in [4.78, 5) is 17.0. The van der Waals surface area contributed by atoms with E-state index in [1.807, 2.05) is 25.1 Å². The van der Waals surface area contributed by atoms with E-state index in [0.717, 1.165) is 5.69 Å². The van der Waals surface area contributed by atoms with Crippen LogP contribution in [0.4, 0.5) is 0 Å². The zero-order chi connectivity index (χ0) is 20.0. The molecular formula is C20H25N3O4S. The molecule has 28 heavy (non-hydrogen) atoms. The second-order valence-corrected chi connectivity index (χ2v) is 8.43. The Hall–Kier alpha value is -2.29. The predicted molar refractivity (Wildman–Crippen MR) is 106 cm³/mol. The summed E-state index contributed by atoms with van der Waals surface area (Å²) in [6.07, 6.45) is 2.89. The molecule has 1 aromatic carbocycles. The molecular weight excluding hydrogens is 378 g/mol. The van der Waals surface area contributed by atoms with Gasteiger partial charge >= 0.3 is 0 Å². The third kappa shape index (κ3) is 4.76. The Balaban J connectivity index is 1.75. The summed E-state index contributed by atoms with van der Waals surface area (Å²) in [5.41, 5.74) is 1.93. The second kappa shape index (κ2) is 9.27. The van der Waals surface area contributed by atoms with Crippen LogP contribution in [0.15, 0.2) is 47.5 Å². The van der Waals surface area contributed by atoms with E-state index >= 15 is 0 Å². The standard InChI is InChI=1S/C20H25N3O4S/c1-2-16-6-7-17(20(24)22-10-8-18-5-3-4-9-21-18)15-19(16)28(25,26)23-11-13-27-14-12-23/h3-7,9,15H,2,8,10-14H2,1H3,(H,22,24). The van der Waals surface area contributed by atoms with Crippen LogP contribution in [0.1, 0.15) is 28.5 Å². The first kappa shape index (κ1) is 20.4. The molecule has 0 spiro atoms. The van der Waals surface area contributed by atoms with E-state index in [-0.39, 0.29) is 10.8 Å². The number of carbonyl (C=O) groups is 1. The fourth-order valence-electron chi connectivity index (χ4n) is 3.11. The van der Waals surface area contributed by atoms with Gasteiger partial charge in [-0.2, -0.15) is 4.31 Å². The number of carbonyl (C=O) groups excluding carboxylic acids is 1. The molecule has 0 aliphatic carbocycles. The Labute approximate surface area is 165 Å². The lowest BCUT2D eigenvalue weighted by atomic mass is 10.1. The number of rotatable bonds is 7. The molecule has 1 aromatic heterocycles. The summed E-state index contributed by atoms with van der Waals surface area (Å²) in [5.74, 6) is -0.294. The molecule has 150 valence electrons. The number of hydrogen-bond donors (Lipinski definition) is 1. The van der Waals surface area contributed by atoms with Gasteiger partial charge in [0, 0.05) is 43.5 Å². The van der Waals surface area contributed by atoms with Crippen molar-refractivity contribution >= 4 is 15.9 Å². The number of nitrogens with one attached hydrogen (secondary N) is 1. The van der Waals surface area contributed by atoms with Crippen LogP contribution in [0.5, 0.6) is 0 Å². The fraction of sp³-hybridized carbons (Fsp3) is 0.400. The van der Waals surface area contributed by atoms with E-state index in [9.17, 15) is 13.2 Å². The summed E-state index contributed by atoms with van der Waals surface area (Å²) in [7, 11) is -3.66. The lowest BCUT2D eigenvalue weighted by Crippen LogP contribution is -2.41. The van der Waals surface area contributed by atoms with Gasteiger partial charge in [-0.3, -0.25) is 9.78 Å². The molecule has 1 N–H and O–H groups in total. The van der Waals surface area contributed by atoms with E-state index < -0.39 is 10.0 Å². The van der Waals surface area contributed by atoms with Gasteiger partial charge in [0.1, 0.15) is 0 Å². The Morgan fingerprint density at radius 3 is 2.68 bits per heavy atom. The lowest BCUT2D eigenvalue weighted by Gasteiger charge is -2.27. The van der Waals surface area contributed by atoms with Gasteiger partial charge in [0.2, 0.25) is 10.0 Å². The largest absolute Gasteiger partial charge is 0.379 e. The highest BCUT2D eigenvalue weighted by molar-refractivity contribution is 7.89. The van der Waals surface area contributed by atoms with Crippen LogP contribution in [0.3, 0.4) is 0 Å². The minimum Gasteiger partial charge on any atom is -0.379 e. The first-order valence-corrected chi connectivity index (χ1v) is 10.9. The van der Waals surface area contributed by atoms with Gasteiger partial charge in [-0.1, -0.05) is 19.1 Å². The van der Waals surface area contributed by atoms with Crippen LogP contribution in [0.25, 0.3) is 0 Å². The molecule has 0 atom stereocenters. The maximum Gasteiger partial charge on any atom is 0.251 e. The molecule has 2 aromatic rings. The third-order valence-corrected chi connectivity index (χ3v) is 6.67. The normalized spacial score (nSPS) is 15.3. The minimum atomic E-state index is -3.66. The molecule has 0 bridgehead atoms. The van der Waals surface area contributed by atoms with Crippen molar-refractivity contribution in [3.05, 3.63) is 59.4 Å². The van der Waals surface area contributed by atoms with E-state index in [2.05, 4.69) is 10.3 Å². The first-order chi connectivity index (χ1) is 13.5. The highest BCUT2D eigenvalue weighted by Gasteiger charge is 2.29. The maximum absolute atomic E-state index is 13.1. The molecule has 0 saturated carbocycles. The molecule has 3 rings (SSSR count). The van der Waals surface area contributed by atoms with Crippen molar-refractivity contribution in [2.45, 2.75) is 24.7 Å². The highest BCUT2D eigenvalue weighted by atomic mass is 32.2. The monoisotopic (exact) mass is 403 g/mol. The van der Waals surface area contributed by atoms with Gasteiger partial charge in [0.15, 0.2) is 0 Å². The lowest BCUT2D eigenvalue weighted by molar-refractivity contribution is 0.0730. The smallest absolute Gasteiger partial charge is 0.251 e. The van der Waals surface area contributed by atoms with Gasteiger partial charge in [0.05, 0.1) is 18.1 Å². The van der Waals surface area contributed by atoms with Crippen LogP contribution in [0, 0.1) is 0 Å². The number of pyridine rings is 1. The van der Waals surface area contributed by atoms with Crippen LogP contribution < -0.4 is 5.32 Å². The third-order valence-electron chi connectivity index (χ3n) is 4.69. The molecule has 8 heteroatoms. The summed E-state index contributed by atoms with van der Waals surface area (Å²) in [5, 5.41) is 2.84. The van der Waals surface area contributed by atoms with Gasteiger partial charge < -0.3 is 10.1 Å². The number of amides is 1. The summed E-state index contributed by atoms with van der Waals surface area (Å²) >= 11 is 0. The molecule has 1 amide bonds. The van der Waals surface area contributed by atoms with Crippen molar-refractivity contribution < 1.29 is 17.9 Å². The van der Waals surface area contributed by atoms with Gasteiger partial charge in [0.25, 0.3) is 5.91 Å². The molecule has 0 unspecified atom stereocenters. The van der Waals surface area contributed by atoms with Crippen LogP contribution in [0.2, 0.25) is 0 Å². The number of sulfonamides is 1. The zero-order valence-corrected chi connectivity index (χ0v) is 16.7. The molecule has 2 heterocycles. The Bertz CT molecular complexity index is 910. The molecule has 1 fully saturated rings. The summed E-state index contributed by atoms with van der Waals surface area (Å²) in [6, 6.07) is 10.5. The number of aryl methyl sites for hydroxylation is 1. The minimum absolute atomic E-state index is 0.203. The average Bonchev–Trinajstić information content (AvgIpc) is 2.74. The average molecular weight is 404 g/mol. The number of benzene rings is 1. The first-order valence-electron chi connectivity index (χ1n) is 9.41. The highest BCUT2D eigenvalue weighted by Crippen LogP contribution is 2.23. The zero-order valence-electron chi connectivity index (χ0n) is 15.9. The van der Waals surface area contributed by atoms with Crippen LogP contribution >= 0.6 is 0 Å². The number of ether oxygens (including phenoxy) is 1. The molecule has 1 aliphatic heterocycles. The predicted octanol–water partition coefficient (Wildman–Crippen LogP) is 1.64. The van der Waals surface area contributed by atoms with Crippen molar-refractivity contribution in [3.8, 4) is 0 Å². The van der Waals surface area contributed by atoms with E-state index in [1.54, 1.807) is 18.3 Å². The number of hydrogen-bond acceptors (Lipinski definition) is 5. The maximum atomic E-state index is 13.1. The topological polar surface area (TPSA) is 88.6 Å². The number of nitrogens with zero attached hydrogens (tertiary/aromatic N) is 2. The molecule has 7 nitrogen and oxygen atoms in total.